The Morgan fingerprint density at radius 1 is 1.38 bits per heavy atom. The molecule has 0 bridgehead atoms. The highest BCUT2D eigenvalue weighted by Crippen LogP contribution is 2.37. The van der Waals surface area contributed by atoms with Crippen LogP contribution in [0.4, 0.5) is 24.5 Å². The number of thiophene rings is 1. The monoisotopic (exact) mass is 422 g/mol. The minimum absolute atomic E-state index is 0.241. The van der Waals surface area contributed by atoms with Crippen LogP contribution in [0.3, 0.4) is 0 Å². The van der Waals surface area contributed by atoms with E-state index in [9.17, 15) is 28.1 Å². The van der Waals surface area contributed by atoms with E-state index in [1.807, 2.05) is 6.92 Å². The minimum Gasteiger partial charge on any atom is -0.321 e. The lowest BCUT2D eigenvalue weighted by molar-refractivity contribution is -0.385. The van der Waals surface area contributed by atoms with Crippen LogP contribution in [0.15, 0.2) is 28.7 Å². The first kappa shape index (κ1) is 18.4. The molecule has 10 heteroatoms. The summed E-state index contributed by atoms with van der Waals surface area (Å²) in [6, 6.07) is 3.71. The largest absolute Gasteiger partial charge is 0.418 e. The van der Waals surface area contributed by atoms with Crippen LogP contribution >= 0.6 is 27.3 Å². The Kier molecular flexibility index (Phi) is 5.29. The first-order valence-corrected chi connectivity index (χ1v) is 8.19. The van der Waals surface area contributed by atoms with E-state index in [0.29, 0.717) is 17.0 Å². The van der Waals surface area contributed by atoms with Gasteiger partial charge in [0.1, 0.15) is 0 Å². The first-order chi connectivity index (χ1) is 11.1. The molecule has 1 heterocycles. The predicted molar refractivity (Wildman–Crippen MR) is 87.4 cm³/mol. The van der Waals surface area contributed by atoms with E-state index in [2.05, 4.69) is 21.2 Å². The molecule has 2 aromatic rings. The number of hydrogen-bond donors (Lipinski definition) is 1. The molecule has 128 valence electrons. The molecule has 0 saturated heterocycles. The van der Waals surface area contributed by atoms with Crippen LogP contribution in [-0.4, -0.2) is 10.8 Å². The van der Waals surface area contributed by atoms with Gasteiger partial charge in [-0.1, -0.05) is 6.92 Å². The van der Waals surface area contributed by atoms with Crippen LogP contribution in [0.5, 0.6) is 0 Å². The van der Waals surface area contributed by atoms with E-state index in [0.717, 1.165) is 28.3 Å². The standard InChI is InChI=1S/C14H10BrF3N2O3S/c1-2-11-9(15)6-12(24-11)13(21)19-10-4-3-7(20(22)23)5-8(10)14(16,17)18/h3-6H,2H2,1H3,(H,19,21). The maximum atomic E-state index is 13.1. The summed E-state index contributed by atoms with van der Waals surface area (Å²) in [5.74, 6) is -0.709. The smallest absolute Gasteiger partial charge is 0.321 e. The van der Waals surface area contributed by atoms with Gasteiger partial charge < -0.3 is 5.32 Å². The number of nitrogens with one attached hydrogen (secondary N) is 1. The van der Waals surface area contributed by atoms with E-state index in [1.54, 1.807) is 0 Å². The Morgan fingerprint density at radius 2 is 2.04 bits per heavy atom. The quantitative estimate of drug-likeness (QED) is 0.539. The van der Waals surface area contributed by atoms with Crippen LogP contribution in [-0.2, 0) is 12.6 Å². The minimum atomic E-state index is -4.83. The summed E-state index contributed by atoms with van der Waals surface area (Å²) < 4.78 is 40.0. The zero-order valence-corrected chi connectivity index (χ0v) is 14.5. The second kappa shape index (κ2) is 6.89. The Morgan fingerprint density at radius 3 is 2.54 bits per heavy atom. The fourth-order valence-electron chi connectivity index (χ4n) is 1.93. The summed E-state index contributed by atoms with van der Waals surface area (Å²) in [6.45, 7) is 1.89. The molecule has 0 unspecified atom stereocenters. The molecule has 1 amide bonds. The number of benzene rings is 1. The van der Waals surface area contributed by atoms with Crippen LogP contribution in [0, 0.1) is 10.1 Å². The number of carbonyl (C=O) groups excluding carboxylic acids is 1. The van der Waals surface area contributed by atoms with Crippen LogP contribution in [0.25, 0.3) is 0 Å². The topological polar surface area (TPSA) is 72.2 Å². The number of anilines is 1. The number of hydrogen-bond acceptors (Lipinski definition) is 4. The summed E-state index contributed by atoms with van der Waals surface area (Å²) in [5.41, 5.74) is -2.50. The molecular weight excluding hydrogens is 413 g/mol. The van der Waals surface area contributed by atoms with Crippen molar-refractivity contribution in [2.75, 3.05) is 5.32 Å². The van der Waals surface area contributed by atoms with Gasteiger partial charge in [-0.3, -0.25) is 14.9 Å². The van der Waals surface area contributed by atoms with Gasteiger partial charge >= 0.3 is 6.18 Å². The number of carbonyl (C=O) groups is 1. The molecule has 0 fully saturated rings. The zero-order valence-electron chi connectivity index (χ0n) is 12.1. The number of rotatable bonds is 4. The van der Waals surface area contributed by atoms with Gasteiger partial charge in [0.2, 0.25) is 0 Å². The van der Waals surface area contributed by atoms with E-state index in [-0.39, 0.29) is 4.88 Å². The van der Waals surface area contributed by atoms with Crippen molar-refractivity contribution in [3.63, 3.8) is 0 Å². The summed E-state index contributed by atoms with van der Waals surface area (Å²) in [7, 11) is 0. The third-order valence-corrected chi connectivity index (χ3v) is 5.32. The lowest BCUT2D eigenvalue weighted by atomic mass is 10.1. The molecule has 5 nitrogen and oxygen atoms in total. The van der Waals surface area contributed by atoms with Crippen LogP contribution in [0.1, 0.15) is 27.0 Å². The number of aryl methyl sites for hydroxylation is 1. The Bertz CT molecular complexity index is 805. The molecule has 1 aromatic heterocycles. The van der Waals surface area contributed by atoms with E-state index in [4.69, 9.17) is 0 Å². The second-order valence-electron chi connectivity index (χ2n) is 4.67. The molecule has 0 spiro atoms. The van der Waals surface area contributed by atoms with Crippen molar-refractivity contribution in [3.05, 3.63) is 54.2 Å². The normalized spacial score (nSPS) is 11.4. The molecule has 0 atom stereocenters. The molecule has 0 aliphatic carbocycles. The number of nitro groups is 1. The lowest BCUT2D eigenvalue weighted by Gasteiger charge is -2.13. The number of non-ortho nitro benzene ring substituents is 1. The molecule has 0 aliphatic rings. The van der Waals surface area contributed by atoms with E-state index >= 15 is 0 Å². The predicted octanol–water partition coefficient (Wildman–Crippen LogP) is 5.25. The molecular formula is C14H10BrF3N2O3S. The summed E-state index contributed by atoms with van der Waals surface area (Å²) >= 11 is 4.44. The highest BCUT2D eigenvalue weighted by atomic mass is 79.9. The third-order valence-electron chi connectivity index (χ3n) is 3.07. The van der Waals surface area contributed by atoms with Crippen molar-refractivity contribution in [2.24, 2.45) is 0 Å². The average molecular weight is 423 g/mol. The average Bonchev–Trinajstić information content (AvgIpc) is 2.87. The van der Waals surface area contributed by atoms with Gasteiger partial charge in [-0.25, -0.2) is 0 Å². The number of alkyl halides is 3. The van der Waals surface area contributed by atoms with Crippen molar-refractivity contribution in [3.8, 4) is 0 Å². The van der Waals surface area contributed by atoms with Gasteiger partial charge in [0.05, 0.1) is 21.1 Å². The number of halogens is 4. The van der Waals surface area contributed by atoms with Gasteiger partial charge in [-0.15, -0.1) is 11.3 Å². The number of nitro benzene ring substituents is 1. The van der Waals surface area contributed by atoms with E-state index < -0.39 is 33.9 Å². The molecule has 1 N–H and O–H groups in total. The molecule has 0 radical (unpaired) electrons. The van der Waals surface area contributed by atoms with Crippen LogP contribution < -0.4 is 5.32 Å². The summed E-state index contributed by atoms with van der Waals surface area (Å²) in [4.78, 5) is 23.0. The van der Waals surface area contributed by atoms with Gasteiger partial charge in [-0.2, -0.15) is 13.2 Å². The SMILES string of the molecule is CCc1sc(C(=O)Nc2ccc([N+](=O)[O-])cc2C(F)(F)F)cc1Br. The van der Waals surface area contributed by atoms with Crippen molar-refractivity contribution >= 4 is 44.5 Å². The Balaban J connectivity index is 2.37. The third kappa shape index (κ3) is 3.93. The zero-order chi connectivity index (χ0) is 18.1. The molecule has 0 aliphatic heterocycles. The fourth-order valence-corrected chi connectivity index (χ4v) is 3.72. The molecule has 1 aromatic carbocycles. The highest BCUT2D eigenvalue weighted by molar-refractivity contribution is 9.10. The number of nitrogens with zero attached hydrogens (tertiary/aromatic N) is 1. The molecule has 2 rings (SSSR count). The summed E-state index contributed by atoms with van der Waals surface area (Å²) in [5, 5.41) is 12.8. The first-order valence-electron chi connectivity index (χ1n) is 6.58. The van der Waals surface area contributed by atoms with Crippen molar-refractivity contribution in [1.82, 2.24) is 0 Å². The fraction of sp³-hybridized carbons (Fsp3) is 0.214. The van der Waals surface area contributed by atoms with Crippen molar-refractivity contribution in [1.29, 1.82) is 0 Å². The molecule has 0 saturated carbocycles. The Hall–Kier alpha value is -1.94. The van der Waals surface area contributed by atoms with Gasteiger partial charge in [0, 0.05) is 21.5 Å². The lowest BCUT2D eigenvalue weighted by Crippen LogP contribution is -2.16. The van der Waals surface area contributed by atoms with Crippen molar-refractivity contribution in [2.45, 2.75) is 19.5 Å². The van der Waals surface area contributed by atoms with Gasteiger partial charge in [0.15, 0.2) is 0 Å². The maximum absolute atomic E-state index is 13.1. The van der Waals surface area contributed by atoms with Crippen molar-refractivity contribution < 1.29 is 22.9 Å². The maximum Gasteiger partial charge on any atom is 0.418 e. The Labute approximate surface area is 146 Å². The second-order valence-corrected chi connectivity index (χ2v) is 6.67. The molecule has 24 heavy (non-hydrogen) atoms. The highest BCUT2D eigenvalue weighted by Gasteiger charge is 2.35. The van der Waals surface area contributed by atoms with Gasteiger partial charge in [-0.05, 0) is 34.5 Å². The van der Waals surface area contributed by atoms with E-state index in [1.165, 1.54) is 6.07 Å². The van der Waals surface area contributed by atoms with Crippen LogP contribution in [0.2, 0.25) is 0 Å². The summed E-state index contributed by atoms with van der Waals surface area (Å²) in [6.07, 6.45) is -4.16. The number of amides is 1. The van der Waals surface area contributed by atoms with Gasteiger partial charge in [0.25, 0.3) is 11.6 Å².